The third kappa shape index (κ3) is 3.40. The Morgan fingerprint density at radius 2 is 2.18 bits per heavy atom. The third-order valence-corrected chi connectivity index (χ3v) is 3.17. The van der Waals surface area contributed by atoms with Crippen LogP contribution in [0.4, 0.5) is 0 Å². The molecule has 1 aliphatic heterocycles. The molecule has 0 spiro atoms. The van der Waals surface area contributed by atoms with E-state index in [1.54, 1.807) is 0 Å². The number of allylic oxidation sites excluding steroid dienone is 1. The van der Waals surface area contributed by atoms with E-state index in [1.807, 2.05) is 13.0 Å². The zero-order valence-electron chi connectivity index (χ0n) is 10.8. The molecule has 0 aliphatic carbocycles. The van der Waals surface area contributed by atoms with Crippen molar-refractivity contribution in [3.8, 4) is 0 Å². The quantitative estimate of drug-likeness (QED) is 0.545. The number of ether oxygens (including phenoxy) is 2. The summed E-state index contributed by atoms with van der Waals surface area (Å²) in [5.74, 6) is -0.241. The molecule has 3 atom stereocenters. The first-order chi connectivity index (χ1) is 7.97. The molecule has 96 valence electrons. The topological polar surface area (TPSA) is 52.6 Å². The van der Waals surface area contributed by atoms with Crippen LogP contribution in [0.2, 0.25) is 0 Å². The summed E-state index contributed by atoms with van der Waals surface area (Å²) in [6.07, 6.45) is 2.77. The van der Waals surface area contributed by atoms with Gasteiger partial charge in [-0.3, -0.25) is 4.79 Å². The lowest BCUT2D eigenvalue weighted by molar-refractivity contribution is -0.164. The Balaban J connectivity index is 2.89. The minimum atomic E-state index is -1.12. The van der Waals surface area contributed by atoms with Gasteiger partial charge in [-0.25, -0.2) is 4.79 Å². The van der Waals surface area contributed by atoms with Crippen LogP contribution in [-0.4, -0.2) is 31.1 Å². The van der Waals surface area contributed by atoms with E-state index in [9.17, 15) is 9.59 Å². The third-order valence-electron chi connectivity index (χ3n) is 3.17. The molecule has 3 unspecified atom stereocenters. The number of methoxy groups -OCH3 is 1. The first-order valence-corrected chi connectivity index (χ1v) is 5.91. The Morgan fingerprint density at radius 1 is 1.53 bits per heavy atom. The number of esters is 1. The molecule has 0 bridgehead atoms. The largest absolute Gasteiger partial charge is 0.467 e. The molecule has 0 aromatic carbocycles. The summed E-state index contributed by atoms with van der Waals surface area (Å²) in [5.41, 5.74) is 0. The molecule has 0 aromatic heterocycles. The van der Waals surface area contributed by atoms with Crippen LogP contribution in [0.25, 0.3) is 0 Å². The number of carbonyl (C=O) groups excluding carboxylic acids is 2. The first kappa shape index (κ1) is 13.9. The van der Waals surface area contributed by atoms with Crippen molar-refractivity contribution in [2.24, 2.45) is 11.8 Å². The van der Waals surface area contributed by atoms with Crippen LogP contribution in [0.1, 0.15) is 27.2 Å². The Labute approximate surface area is 102 Å². The van der Waals surface area contributed by atoms with E-state index in [4.69, 9.17) is 4.74 Å². The van der Waals surface area contributed by atoms with Gasteiger partial charge in [-0.2, -0.15) is 0 Å². The van der Waals surface area contributed by atoms with Crippen molar-refractivity contribution in [1.29, 1.82) is 0 Å². The fourth-order valence-electron chi connectivity index (χ4n) is 2.10. The van der Waals surface area contributed by atoms with Crippen molar-refractivity contribution in [2.45, 2.75) is 39.4 Å². The molecule has 17 heavy (non-hydrogen) atoms. The minimum Gasteiger partial charge on any atom is -0.467 e. The maximum atomic E-state index is 11.7. The van der Waals surface area contributed by atoms with Gasteiger partial charge in [0.05, 0.1) is 13.2 Å². The number of hydrogen-bond acceptors (Lipinski definition) is 4. The van der Waals surface area contributed by atoms with Crippen LogP contribution in [0, 0.1) is 11.8 Å². The van der Waals surface area contributed by atoms with Crippen molar-refractivity contribution >= 4 is 11.8 Å². The normalized spacial score (nSPS) is 31.8. The summed E-state index contributed by atoms with van der Waals surface area (Å²) >= 11 is 0. The van der Waals surface area contributed by atoms with E-state index in [0.717, 1.165) is 6.42 Å². The van der Waals surface area contributed by atoms with Crippen molar-refractivity contribution in [3.05, 3.63) is 12.2 Å². The molecule has 0 saturated carbocycles. The van der Waals surface area contributed by atoms with Crippen LogP contribution < -0.4 is 0 Å². The number of ketones is 1. The maximum Gasteiger partial charge on any atom is 0.343 e. The second kappa shape index (κ2) is 5.96. The molecule has 1 aliphatic rings. The zero-order chi connectivity index (χ0) is 13.0. The molecule has 0 aromatic rings. The summed E-state index contributed by atoms with van der Waals surface area (Å²) < 4.78 is 10.1. The van der Waals surface area contributed by atoms with Gasteiger partial charge in [0.15, 0.2) is 5.78 Å². The van der Waals surface area contributed by atoms with E-state index in [0.29, 0.717) is 11.8 Å². The van der Waals surface area contributed by atoms with Crippen molar-refractivity contribution < 1.29 is 19.1 Å². The average molecular weight is 240 g/mol. The van der Waals surface area contributed by atoms with E-state index in [-0.39, 0.29) is 11.9 Å². The molecule has 0 radical (unpaired) electrons. The van der Waals surface area contributed by atoms with Gasteiger partial charge in [-0.15, -0.1) is 0 Å². The molecular weight excluding hydrogens is 220 g/mol. The monoisotopic (exact) mass is 240 g/mol. The molecule has 0 saturated heterocycles. The summed E-state index contributed by atoms with van der Waals surface area (Å²) in [6.45, 7) is 6.11. The Kier molecular flexibility index (Phi) is 4.87. The lowest BCUT2D eigenvalue weighted by Gasteiger charge is -2.30. The van der Waals surface area contributed by atoms with E-state index in [1.165, 1.54) is 13.2 Å². The number of carbonyl (C=O) groups is 2. The van der Waals surface area contributed by atoms with Crippen LogP contribution in [0.5, 0.6) is 0 Å². The maximum absolute atomic E-state index is 11.7. The Bertz CT molecular complexity index is 319. The molecule has 0 fully saturated rings. The summed E-state index contributed by atoms with van der Waals surface area (Å²) in [6, 6.07) is 0. The Hall–Kier alpha value is -1.16. The fraction of sp³-hybridized carbons (Fsp3) is 0.692. The Morgan fingerprint density at radius 3 is 2.71 bits per heavy atom. The van der Waals surface area contributed by atoms with Crippen molar-refractivity contribution in [2.75, 3.05) is 7.11 Å². The van der Waals surface area contributed by atoms with Gasteiger partial charge in [0.1, 0.15) is 0 Å². The highest BCUT2D eigenvalue weighted by molar-refractivity contribution is 6.07. The number of hydrogen-bond donors (Lipinski definition) is 0. The highest BCUT2D eigenvalue weighted by Gasteiger charge is 2.33. The molecule has 0 N–H and O–H groups in total. The first-order valence-electron chi connectivity index (χ1n) is 5.91. The predicted molar refractivity (Wildman–Crippen MR) is 63.4 cm³/mol. The van der Waals surface area contributed by atoms with Gasteiger partial charge >= 0.3 is 5.97 Å². The molecule has 1 rings (SSSR count). The van der Waals surface area contributed by atoms with Gasteiger partial charge in [0.25, 0.3) is 0 Å². The van der Waals surface area contributed by atoms with Gasteiger partial charge < -0.3 is 9.47 Å². The van der Waals surface area contributed by atoms with Gasteiger partial charge in [0, 0.05) is 0 Å². The van der Waals surface area contributed by atoms with Gasteiger partial charge in [-0.1, -0.05) is 19.9 Å². The zero-order valence-corrected chi connectivity index (χ0v) is 10.8. The van der Waals surface area contributed by atoms with E-state index in [2.05, 4.69) is 18.6 Å². The molecule has 0 amide bonds. The number of rotatable bonds is 2. The SMILES string of the molecule is COC(=O)C1OC(C)C(C(C)C)C/C=C\C1=O. The van der Waals surface area contributed by atoms with Crippen molar-refractivity contribution in [3.63, 3.8) is 0 Å². The van der Waals surface area contributed by atoms with E-state index >= 15 is 0 Å². The standard InChI is InChI=1S/C13H20O4/c1-8(2)10-6-5-7-11(14)12(13(15)16-4)17-9(10)3/h5,7-10,12H,6H2,1-4H3/b7-5-. The fourth-order valence-corrected chi connectivity index (χ4v) is 2.10. The summed E-state index contributed by atoms with van der Waals surface area (Å²) in [4.78, 5) is 23.1. The average Bonchev–Trinajstić information content (AvgIpc) is 2.27. The lowest BCUT2D eigenvalue weighted by atomic mass is 9.87. The van der Waals surface area contributed by atoms with Crippen molar-refractivity contribution in [1.82, 2.24) is 0 Å². The highest BCUT2D eigenvalue weighted by Crippen LogP contribution is 2.25. The van der Waals surface area contributed by atoms with Crippen LogP contribution in [0.3, 0.4) is 0 Å². The predicted octanol–water partition coefficient (Wildman–Crippen LogP) is 1.73. The minimum absolute atomic E-state index is 0.145. The smallest absolute Gasteiger partial charge is 0.343 e. The molecule has 4 heteroatoms. The van der Waals surface area contributed by atoms with Crippen LogP contribution in [-0.2, 0) is 19.1 Å². The van der Waals surface area contributed by atoms with Crippen LogP contribution in [0.15, 0.2) is 12.2 Å². The molecule has 4 nitrogen and oxygen atoms in total. The summed E-state index contributed by atoms with van der Waals surface area (Å²) in [5, 5.41) is 0. The second-order valence-electron chi connectivity index (χ2n) is 4.69. The summed E-state index contributed by atoms with van der Waals surface area (Å²) in [7, 11) is 1.26. The lowest BCUT2D eigenvalue weighted by Crippen LogP contribution is -2.40. The van der Waals surface area contributed by atoms with Gasteiger partial charge in [-0.05, 0) is 31.3 Å². The second-order valence-corrected chi connectivity index (χ2v) is 4.69. The highest BCUT2D eigenvalue weighted by atomic mass is 16.6. The molecular formula is C13H20O4. The van der Waals surface area contributed by atoms with Gasteiger partial charge in [0.2, 0.25) is 6.10 Å². The molecule has 1 heterocycles. The van der Waals surface area contributed by atoms with Crippen LogP contribution >= 0.6 is 0 Å². The van der Waals surface area contributed by atoms with E-state index < -0.39 is 12.1 Å².